The number of hydrogen-bond donors (Lipinski definition) is 2. The molecule has 0 amide bonds. The topological polar surface area (TPSA) is 97.0 Å². The number of sulfonamides is 1. The normalized spacial score (nSPS) is 12.2. The van der Waals surface area contributed by atoms with E-state index in [1.807, 2.05) is 4.72 Å². The molecule has 0 saturated heterocycles. The average Bonchev–Trinajstić information content (AvgIpc) is 2.79. The van der Waals surface area contributed by atoms with Crippen LogP contribution in [0.4, 0.5) is 19.1 Å². The summed E-state index contributed by atoms with van der Waals surface area (Å²) in [6.07, 6.45) is -3.96. The van der Waals surface area contributed by atoms with E-state index in [9.17, 15) is 21.6 Å². The first kappa shape index (κ1) is 14.1. The summed E-state index contributed by atoms with van der Waals surface area (Å²) < 4.78 is 66.2. The molecule has 20 heavy (non-hydrogen) atoms. The highest BCUT2D eigenvalue weighted by molar-refractivity contribution is 7.92. The highest BCUT2D eigenvalue weighted by atomic mass is 32.2. The number of rotatable bonds is 4. The highest BCUT2D eigenvalue weighted by Crippen LogP contribution is 2.29. The Balaban J connectivity index is 2.36. The molecular formula is C9H7F3N4O3S. The van der Waals surface area contributed by atoms with Crippen molar-refractivity contribution >= 4 is 16.0 Å². The maximum Gasteiger partial charge on any atom is 0.573 e. The lowest BCUT2D eigenvalue weighted by Crippen LogP contribution is -2.21. The number of aromatic nitrogens is 3. The molecule has 1 aromatic heterocycles. The van der Waals surface area contributed by atoms with E-state index in [4.69, 9.17) is 0 Å². The lowest BCUT2D eigenvalue weighted by atomic mass is 10.3. The number of aromatic amines is 1. The molecule has 0 unspecified atom stereocenters. The summed E-state index contributed by atoms with van der Waals surface area (Å²) >= 11 is 0. The molecule has 0 aliphatic carbocycles. The minimum atomic E-state index is -5.00. The van der Waals surface area contributed by atoms with Crippen LogP contribution in [0.1, 0.15) is 0 Å². The van der Waals surface area contributed by atoms with Gasteiger partial charge in [0.25, 0.3) is 10.0 Å². The molecule has 0 aliphatic rings. The SMILES string of the molecule is O=S(=O)(Nc1ncn[nH]1)c1ccccc1OC(F)(F)F. The van der Waals surface area contributed by atoms with E-state index in [-0.39, 0.29) is 5.95 Å². The number of alkyl halides is 3. The van der Waals surface area contributed by atoms with E-state index in [0.29, 0.717) is 0 Å². The van der Waals surface area contributed by atoms with Gasteiger partial charge in [-0.25, -0.2) is 18.2 Å². The molecule has 0 bridgehead atoms. The number of anilines is 1. The van der Waals surface area contributed by atoms with Gasteiger partial charge in [0.05, 0.1) is 0 Å². The van der Waals surface area contributed by atoms with Gasteiger partial charge >= 0.3 is 6.36 Å². The Morgan fingerprint density at radius 1 is 1.25 bits per heavy atom. The Morgan fingerprint density at radius 3 is 2.55 bits per heavy atom. The number of nitrogens with zero attached hydrogens (tertiary/aromatic N) is 2. The molecule has 1 aromatic carbocycles. The van der Waals surface area contributed by atoms with Gasteiger partial charge in [0.2, 0.25) is 5.95 Å². The van der Waals surface area contributed by atoms with Crippen molar-refractivity contribution in [3.63, 3.8) is 0 Å². The first-order valence-electron chi connectivity index (χ1n) is 5.01. The van der Waals surface area contributed by atoms with E-state index >= 15 is 0 Å². The second-order valence-corrected chi connectivity index (χ2v) is 5.08. The zero-order valence-electron chi connectivity index (χ0n) is 9.55. The van der Waals surface area contributed by atoms with Crippen LogP contribution < -0.4 is 9.46 Å². The molecular weight excluding hydrogens is 301 g/mol. The second-order valence-electron chi connectivity index (χ2n) is 3.43. The predicted octanol–water partition coefficient (Wildman–Crippen LogP) is 1.50. The Bertz CT molecular complexity index is 685. The fraction of sp³-hybridized carbons (Fsp3) is 0.111. The number of nitrogens with one attached hydrogen (secondary N) is 2. The van der Waals surface area contributed by atoms with Gasteiger partial charge in [0, 0.05) is 0 Å². The number of halogens is 3. The third-order valence-electron chi connectivity index (χ3n) is 2.01. The molecule has 1 heterocycles. The minimum absolute atomic E-state index is 0.230. The summed E-state index contributed by atoms with van der Waals surface area (Å²) in [6.45, 7) is 0. The Hall–Kier alpha value is -2.30. The van der Waals surface area contributed by atoms with Crippen LogP contribution in [-0.2, 0) is 10.0 Å². The lowest BCUT2D eigenvalue weighted by Gasteiger charge is -2.13. The van der Waals surface area contributed by atoms with Crippen molar-refractivity contribution in [1.82, 2.24) is 15.2 Å². The van der Waals surface area contributed by atoms with Crippen molar-refractivity contribution in [2.24, 2.45) is 0 Å². The van der Waals surface area contributed by atoms with Crippen molar-refractivity contribution in [2.75, 3.05) is 4.72 Å². The van der Waals surface area contributed by atoms with Crippen molar-refractivity contribution in [3.8, 4) is 5.75 Å². The first-order chi connectivity index (χ1) is 9.28. The van der Waals surface area contributed by atoms with Gasteiger partial charge in [-0.2, -0.15) is 10.1 Å². The van der Waals surface area contributed by atoms with E-state index in [2.05, 4.69) is 19.9 Å². The maximum atomic E-state index is 12.2. The number of H-pyrrole nitrogens is 1. The Labute approximate surface area is 110 Å². The molecule has 0 fully saturated rings. The van der Waals surface area contributed by atoms with Gasteiger partial charge in [0.1, 0.15) is 17.0 Å². The third kappa shape index (κ3) is 3.38. The van der Waals surface area contributed by atoms with E-state index in [1.165, 1.54) is 12.1 Å². The van der Waals surface area contributed by atoms with Crippen molar-refractivity contribution < 1.29 is 26.3 Å². The fourth-order valence-electron chi connectivity index (χ4n) is 1.32. The van der Waals surface area contributed by atoms with E-state index in [0.717, 1.165) is 18.5 Å². The smallest absolute Gasteiger partial charge is 0.404 e. The van der Waals surface area contributed by atoms with Crippen LogP contribution in [0.15, 0.2) is 35.5 Å². The number of hydrogen-bond acceptors (Lipinski definition) is 5. The van der Waals surface area contributed by atoms with Gasteiger partial charge in [-0.3, -0.25) is 0 Å². The zero-order chi connectivity index (χ0) is 14.8. The molecule has 0 radical (unpaired) electrons. The molecule has 11 heteroatoms. The number of para-hydroxylation sites is 1. The molecule has 2 aromatic rings. The van der Waals surface area contributed by atoms with Crippen LogP contribution in [0.3, 0.4) is 0 Å². The molecule has 2 rings (SSSR count). The van der Waals surface area contributed by atoms with Crippen LogP contribution in [0, 0.1) is 0 Å². The third-order valence-corrected chi connectivity index (χ3v) is 3.39. The lowest BCUT2D eigenvalue weighted by molar-refractivity contribution is -0.275. The molecule has 0 aliphatic heterocycles. The number of benzene rings is 1. The molecule has 7 nitrogen and oxygen atoms in total. The van der Waals surface area contributed by atoms with Gasteiger partial charge in [-0.15, -0.1) is 13.2 Å². The van der Waals surface area contributed by atoms with Crippen LogP contribution in [0.25, 0.3) is 0 Å². The summed E-state index contributed by atoms with van der Waals surface area (Å²) in [5, 5.41) is 5.62. The first-order valence-corrected chi connectivity index (χ1v) is 6.49. The summed E-state index contributed by atoms with van der Waals surface area (Å²) in [7, 11) is -4.30. The van der Waals surface area contributed by atoms with Crippen molar-refractivity contribution in [3.05, 3.63) is 30.6 Å². The highest BCUT2D eigenvalue weighted by Gasteiger charge is 2.34. The second kappa shape index (κ2) is 5.00. The molecule has 2 N–H and O–H groups in total. The summed E-state index contributed by atoms with van der Waals surface area (Å²) in [5.41, 5.74) is 0. The minimum Gasteiger partial charge on any atom is -0.404 e. The van der Waals surface area contributed by atoms with Crippen molar-refractivity contribution in [2.45, 2.75) is 11.3 Å². The fourth-order valence-corrected chi connectivity index (χ4v) is 2.41. The zero-order valence-corrected chi connectivity index (χ0v) is 10.4. The maximum absolute atomic E-state index is 12.2. The molecule has 0 atom stereocenters. The van der Waals surface area contributed by atoms with Crippen molar-refractivity contribution in [1.29, 1.82) is 0 Å². The van der Waals surface area contributed by atoms with Gasteiger partial charge in [-0.05, 0) is 12.1 Å². The van der Waals surface area contributed by atoms with Gasteiger partial charge < -0.3 is 4.74 Å². The monoisotopic (exact) mass is 308 g/mol. The molecule has 0 saturated carbocycles. The van der Waals surface area contributed by atoms with E-state index < -0.39 is 27.0 Å². The largest absolute Gasteiger partial charge is 0.573 e. The standard InChI is InChI=1S/C9H7F3N4O3S/c10-9(11,12)19-6-3-1-2-4-7(6)20(17,18)16-8-13-5-14-15-8/h1-5H,(H2,13,14,15,16). The Kier molecular flexibility index (Phi) is 3.53. The average molecular weight is 308 g/mol. The van der Waals surface area contributed by atoms with Crippen LogP contribution in [0.2, 0.25) is 0 Å². The summed E-state index contributed by atoms with van der Waals surface area (Å²) in [6, 6.07) is 4.34. The molecule has 108 valence electrons. The van der Waals surface area contributed by atoms with E-state index in [1.54, 1.807) is 0 Å². The Morgan fingerprint density at radius 2 is 1.95 bits per heavy atom. The van der Waals surface area contributed by atoms with Crippen LogP contribution in [-0.4, -0.2) is 30.0 Å². The van der Waals surface area contributed by atoms with Crippen LogP contribution in [0.5, 0.6) is 5.75 Å². The number of ether oxygens (including phenoxy) is 1. The van der Waals surface area contributed by atoms with Gasteiger partial charge in [-0.1, -0.05) is 12.1 Å². The van der Waals surface area contributed by atoms with Crippen LogP contribution >= 0.6 is 0 Å². The van der Waals surface area contributed by atoms with Gasteiger partial charge in [0.15, 0.2) is 0 Å². The predicted molar refractivity (Wildman–Crippen MR) is 60.3 cm³/mol. The molecule has 0 spiro atoms. The summed E-state index contributed by atoms with van der Waals surface area (Å²) in [4.78, 5) is 2.84. The summed E-state index contributed by atoms with van der Waals surface area (Å²) in [5.74, 6) is -1.07. The quantitative estimate of drug-likeness (QED) is 0.892.